The fourth-order valence-corrected chi connectivity index (χ4v) is 2.50. The maximum Gasteiger partial charge on any atom is 0.238 e. The van der Waals surface area contributed by atoms with Crippen LogP contribution < -0.4 is 10.6 Å². The van der Waals surface area contributed by atoms with Crippen LogP contribution in [0, 0.1) is 11.2 Å². The number of carbonyl (C=O) groups excluding carboxylic acids is 1. The van der Waals surface area contributed by atoms with E-state index in [1.807, 2.05) is 30.3 Å². The van der Waals surface area contributed by atoms with E-state index in [1.54, 1.807) is 12.1 Å². The van der Waals surface area contributed by atoms with E-state index in [-0.39, 0.29) is 29.7 Å². The van der Waals surface area contributed by atoms with Gasteiger partial charge in [-0.25, -0.2) is 4.39 Å². The number of amides is 1. The number of halogens is 1. The molecule has 0 aromatic heterocycles. The fourth-order valence-electron chi connectivity index (χ4n) is 2.50. The van der Waals surface area contributed by atoms with Crippen molar-refractivity contribution in [2.45, 2.75) is 26.8 Å². The zero-order valence-corrected chi connectivity index (χ0v) is 13.8. The SMILES string of the molecule is CC(C)(C)C(NCC(=O)Nc1ccccc1)c1ccc(F)cc1. The standard InChI is InChI=1S/C19H23FN2O/c1-19(2,3)18(14-9-11-15(20)12-10-14)21-13-17(23)22-16-7-5-4-6-8-16/h4-12,18,21H,13H2,1-3H3,(H,22,23). The molecular weight excluding hydrogens is 291 g/mol. The van der Waals surface area contributed by atoms with Crippen molar-refractivity contribution in [2.24, 2.45) is 5.41 Å². The van der Waals surface area contributed by atoms with Gasteiger partial charge in [0, 0.05) is 11.7 Å². The Bertz CT molecular complexity index is 633. The van der Waals surface area contributed by atoms with E-state index >= 15 is 0 Å². The van der Waals surface area contributed by atoms with Crippen LogP contribution in [-0.4, -0.2) is 12.5 Å². The van der Waals surface area contributed by atoms with Crippen molar-refractivity contribution >= 4 is 11.6 Å². The first-order valence-electron chi connectivity index (χ1n) is 7.70. The molecule has 2 aromatic carbocycles. The van der Waals surface area contributed by atoms with Crippen LogP contribution in [0.5, 0.6) is 0 Å². The number of nitrogens with one attached hydrogen (secondary N) is 2. The molecule has 0 aliphatic rings. The minimum absolute atomic E-state index is 0.0513. The molecule has 2 N–H and O–H groups in total. The third-order valence-electron chi connectivity index (χ3n) is 3.59. The summed E-state index contributed by atoms with van der Waals surface area (Å²) in [7, 11) is 0. The van der Waals surface area contributed by atoms with Crippen molar-refractivity contribution in [1.82, 2.24) is 5.32 Å². The van der Waals surface area contributed by atoms with E-state index in [0.29, 0.717) is 0 Å². The monoisotopic (exact) mass is 314 g/mol. The van der Waals surface area contributed by atoms with Gasteiger partial charge >= 0.3 is 0 Å². The van der Waals surface area contributed by atoms with Gasteiger partial charge in [-0.3, -0.25) is 4.79 Å². The Morgan fingerprint density at radius 3 is 2.22 bits per heavy atom. The van der Waals surface area contributed by atoms with Crippen LogP contribution in [0.2, 0.25) is 0 Å². The van der Waals surface area contributed by atoms with Gasteiger partial charge in [0.05, 0.1) is 6.54 Å². The average molecular weight is 314 g/mol. The summed E-state index contributed by atoms with van der Waals surface area (Å²) in [6, 6.07) is 15.7. The van der Waals surface area contributed by atoms with E-state index in [1.165, 1.54) is 12.1 Å². The molecule has 0 aliphatic heterocycles. The zero-order chi connectivity index (χ0) is 16.9. The second-order valence-electron chi connectivity index (χ2n) is 6.65. The summed E-state index contributed by atoms with van der Waals surface area (Å²) in [5.74, 6) is -0.365. The molecule has 0 saturated heterocycles. The maximum absolute atomic E-state index is 13.1. The van der Waals surface area contributed by atoms with Crippen molar-refractivity contribution in [1.29, 1.82) is 0 Å². The molecule has 1 atom stereocenters. The number of para-hydroxylation sites is 1. The molecule has 0 heterocycles. The number of carbonyl (C=O) groups is 1. The second-order valence-corrected chi connectivity index (χ2v) is 6.65. The van der Waals surface area contributed by atoms with Crippen LogP contribution in [0.3, 0.4) is 0 Å². The Kier molecular flexibility index (Phi) is 5.50. The Labute approximate surface area is 136 Å². The first-order valence-corrected chi connectivity index (χ1v) is 7.70. The average Bonchev–Trinajstić information content (AvgIpc) is 2.49. The zero-order valence-electron chi connectivity index (χ0n) is 13.8. The van der Waals surface area contributed by atoms with Gasteiger partial charge in [-0.1, -0.05) is 51.1 Å². The summed E-state index contributed by atoms with van der Waals surface area (Å²) >= 11 is 0. The van der Waals surface area contributed by atoms with Gasteiger partial charge in [0.1, 0.15) is 5.82 Å². The van der Waals surface area contributed by atoms with Gasteiger partial charge in [0.15, 0.2) is 0 Å². The number of hydrogen-bond acceptors (Lipinski definition) is 2. The summed E-state index contributed by atoms with van der Waals surface area (Å²) in [6.07, 6.45) is 0. The first-order chi connectivity index (χ1) is 10.9. The number of anilines is 1. The van der Waals surface area contributed by atoms with Crippen molar-refractivity contribution in [3.8, 4) is 0 Å². The largest absolute Gasteiger partial charge is 0.325 e. The topological polar surface area (TPSA) is 41.1 Å². The van der Waals surface area contributed by atoms with Crippen molar-refractivity contribution in [3.63, 3.8) is 0 Å². The molecule has 2 rings (SSSR count). The predicted octanol–water partition coefficient (Wildman–Crippen LogP) is 4.14. The highest BCUT2D eigenvalue weighted by Crippen LogP contribution is 2.32. The summed E-state index contributed by atoms with van der Waals surface area (Å²) in [5, 5.41) is 6.13. The van der Waals surface area contributed by atoms with E-state index in [9.17, 15) is 9.18 Å². The van der Waals surface area contributed by atoms with Crippen LogP contribution in [-0.2, 0) is 4.79 Å². The van der Waals surface area contributed by atoms with Crippen LogP contribution in [0.4, 0.5) is 10.1 Å². The summed E-state index contributed by atoms with van der Waals surface area (Å²) < 4.78 is 13.1. The molecule has 3 nitrogen and oxygen atoms in total. The molecule has 1 amide bonds. The van der Waals surface area contributed by atoms with Crippen molar-refractivity contribution in [2.75, 3.05) is 11.9 Å². The van der Waals surface area contributed by atoms with Gasteiger partial charge in [-0.2, -0.15) is 0 Å². The minimum atomic E-state index is -0.261. The molecule has 0 fully saturated rings. The van der Waals surface area contributed by atoms with Gasteiger partial charge in [-0.05, 0) is 35.2 Å². The highest BCUT2D eigenvalue weighted by molar-refractivity contribution is 5.92. The normalized spacial score (nSPS) is 12.7. The van der Waals surface area contributed by atoms with Crippen LogP contribution in [0.25, 0.3) is 0 Å². The lowest BCUT2D eigenvalue weighted by molar-refractivity contribution is -0.115. The van der Waals surface area contributed by atoms with Gasteiger partial charge in [0.25, 0.3) is 0 Å². The highest BCUT2D eigenvalue weighted by Gasteiger charge is 2.26. The molecule has 0 saturated carbocycles. The van der Waals surface area contributed by atoms with Gasteiger partial charge in [0.2, 0.25) is 5.91 Å². The molecule has 122 valence electrons. The van der Waals surface area contributed by atoms with Crippen LogP contribution in [0.15, 0.2) is 54.6 Å². The number of hydrogen-bond donors (Lipinski definition) is 2. The molecule has 0 bridgehead atoms. The summed E-state index contributed by atoms with van der Waals surface area (Å²) in [5.41, 5.74) is 1.63. The van der Waals surface area contributed by atoms with E-state index in [0.717, 1.165) is 11.3 Å². The van der Waals surface area contributed by atoms with E-state index in [2.05, 4.69) is 31.4 Å². The highest BCUT2D eigenvalue weighted by atomic mass is 19.1. The molecule has 1 unspecified atom stereocenters. The maximum atomic E-state index is 13.1. The molecule has 4 heteroatoms. The number of rotatable bonds is 5. The van der Waals surface area contributed by atoms with Crippen LogP contribution >= 0.6 is 0 Å². The smallest absolute Gasteiger partial charge is 0.238 e. The Balaban J connectivity index is 2.01. The van der Waals surface area contributed by atoms with Crippen molar-refractivity contribution < 1.29 is 9.18 Å². The molecule has 0 spiro atoms. The Morgan fingerprint density at radius 2 is 1.65 bits per heavy atom. The molecule has 0 radical (unpaired) electrons. The second kappa shape index (κ2) is 7.38. The van der Waals surface area contributed by atoms with Gasteiger partial charge < -0.3 is 10.6 Å². The molecule has 23 heavy (non-hydrogen) atoms. The quantitative estimate of drug-likeness (QED) is 0.871. The fraction of sp³-hybridized carbons (Fsp3) is 0.316. The third kappa shape index (κ3) is 5.18. The number of benzene rings is 2. The summed E-state index contributed by atoms with van der Waals surface area (Å²) in [6.45, 7) is 6.45. The van der Waals surface area contributed by atoms with E-state index in [4.69, 9.17) is 0 Å². The predicted molar refractivity (Wildman–Crippen MR) is 91.7 cm³/mol. The molecular formula is C19H23FN2O. The Hall–Kier alpha value is -2.20. The lowest BCUT2D eigenvalue weighted by Gasteiger charge is -2.32. The van der Waals surface area contributed by atoms with Crippen molar-refractivity contribution in [3.05, 3.63) is 66.0 Å². The minimum Gasteiger partial charge on any atom is -0.325 e. The lowest BCUT2D eigenvalue weighted by Crippen LogP contribution is -2.37. The van der Waals surface area contributed by atoms with E-state index < -0.39 is 0 Å². The van der Waals surface area contributed by atoms with Crippen LogP contribution in [0.1, 0.15) is 32.4 Å². The van der Waals surface area contributed by atoms with Gasteiger partial charge in [-0.15, -0.1) is 0 Å². The summed E-state index contributed by atoms with van der Waals surface area (Å²) in [4.78, 5) is 12.1. The Morgan fingerprint density at radius 1 is 1.04 bits per heavy atom. The molecule has 0 aliphatic carbocycles. The molecule has 2 aromatic rings. The first kappa shape index (κ1) is 17.2. The lowest BCUT2D eigenvalue weighted by atomic mass is 9.82. The third-order valence-corrected chi connectivity index (χ3v) is 3.59.